The number of carbonyl (C=O) groups is 1. The maximum atomic E-state index is 12.2. The lowest BCUT2D eigenvalue weighted by Crippen LogP contribution is -2.26. The van der Waals surface area contributed by atoms with E-state index in [2.05, 4.69) is 15.6 Å². The molecule has 1 aromatic carbocycles. The van der Waals surface area contributed by atoms with Gasteiger partial charge in [-0.15, -0.1) is 0 Å². The lowest BCUT2D eigenvalue weighted by molar-refractivity contribution is 0.0386. The Hall–Kier alpha value is -2.44. The third-order valence-electron chi connectivity index (χ3n) is 4.19. The second kappa shape index (κ2) is 9.31. The predicted molar refractivity (Wildman–Crippen MR) is 99.9 cm³/mol. The molecule has 1 amide bonds. The normalized spacial score (nSPS) is 14.7. The van der Waals surface area contributed by atoms with Crippen LogP contribution in [-0.2, 0) is 11.3 Å². The van der Waals surface area contributed by atoms with Gasteiger partial charge < -0.3 is 20.5 Å². The van der Waals surface area contributed by atoms with Crippen molar-refractivity contribution >= 4 is 11.6 Å². The Morgan fingerprint density at radius 2 is 2.08 bits per heavy atom. The lowest BCUT2D eigenvalue weighted by Gasteiger charge is -2.13. The van der Waals surface area contributed by atoms with Crippen molar-refractivity contribution in [1.29, 1.82) is 0 Å². The van der Waals surface area contributed by atoms with Crippen LogP contribution in [0.3, 0.4) is 0 Å². The van der Waals surface area contributed by atoms with Crippen LogP contribution in [0.15, 0.2) is 48.7 Å². The molecule has 26 heavy (non-hydrogen) atoms. The van der Waals surface area contributed by atoms with Crippen molar-refractivity contribution in [3.63, 3.8) is 0 Å². The minimum absolute atomic E-state index is 0.231. The number of hydrogen-bond donors (Lipinski definition) is 3. The number of nitrogens with one attached hydrogen (secondary N) is 2. The molecule has 1 aliphatic carbocycles. The molecule has 1 aliphatic rings. The maximum Gasteiger partial charge on any atom is 0.270 e. The summed E-state index contributed by atoms with van der Waals surface area (Å²) < 4.78 is 5.48. The molecule has 1 aromatic heterocycles. The van der Waals surface area contributed by atoms with Gasteiger partial charge in [0, 0.05) is 31.6 Å². The Morgan fingerprint density at radius 1 is 1.27 bits per heavy atom. The Labute approximate surface area is 153 Å². The largest absolute Gasteiger partial charge is 0.389 e. The van der Waals surface area contributed by atoms with Crippen LogP contribution >= 0.6 is 0 Å². The van der Waals surface area contributed by atoms with Crippen LogP contribution in [0, 0.1) is 5.92 Å². The van der Waals surface area contributed by atoms with Gasteiger partial charge in [-0.3, -0.25) is 9.78 Å². The Kier molecular flexibility index (Phi) is 6.57. The van der Waals surface area contributed by atoms with E-state index in [9.17, 15) is 9.90 Å². The number of pyridine rings is 1. The molecule has 2 aromatic rings. The van der Waals surface area contributed by atoms with Crippen LogP contribution in [0.25, 0.3) is 0 Å². The molecule has 138 valence electrons. The van der Waals surface area contributed by atoms with E-state index in [1.807, 2.05) is 30.3 Å². The van der Waals surface area contributed by atoms with E-state index in [1.165, 1.54) is 12.8 Å². The molecule has 1 saturated carbocycles. The molecule has 6 nitrogen and oxygen atoms in total. The standard InChI is InChI=1S/C20H25N3O3/c24-18(14-26-13-16-6-7-16)12-22-17-8-9-21-19(10-17)20(25)23-11-15-4-2-1-3-5-15/h1-5,8-10,16,18,24H,6-7,11-14H2,(H,21,22)(H,23,25). The molecule has 0 aliphatic heterocycles. The van der Waals surface area contributed by atoms with E-state index >= 15 is 0 Å². The number of aliphatic hydroxyl groups is 1. The molecule has 0 radical (unpaired) electrons. The summed E-state index contributed by atoms with van der Waals surface area (Å²) in [6.45, 7) is 1.87. The second-order valence-corrected chi connectivity index (χ2v) is 6.61. The molecule has 0 bridgehead atoms. The van der Waals surface area contributed by atoms with Gasteiger partial charge in [0.2, 0.25) is 0 Å². The lowest BCUT2D eigenvalue weighted by atomic mass is 10.2. The smallest absolute Gasteiger partial charge is 0.270 e. The first-order valence-corrected chi connectivity index (χ1v) is 8.98. The first-order chi connectivity index (χ1) is 12.7. The van der Waals surface area contributed by atoms with E-state index in [1.54, 1.807) is 18.3 Å². The summed E-state index contributed by atoms with van der Waals surface area (Å²) in [4.78, 5) is 16.4. The summed E-state index contributed by atoms with van der Waals surface area (Å²) in [7, 11) is 0. The van der Waals surface area contributed by atoms with Gasteiger partial charge in [-0.05, 0) is 36.5 Å². The summed E-state index contributed by atoms with van der Waals surface area (Å²) in [5.74, 6) is 0.457. The highest BCUT2D eigenvalue weighted by Gasteiger charge is 2.21. The fraction of sp³-hybridized carbons (Fsp3) is 0.400. The van der Waals surface area contributed by atoms with E-state index < -0.39 is 6.10 Å². The van der Waals surface area contributed by atoms with Crippen molar-refractivity contribution in [1.82, 2.24) is 10.3 Å². The summed E-state index contributed by atoms with van der Waals surface area (Å²) in [5, 5.41) is 15.9. The van der Waals surface area contributed by atoms with E-state index in [0.717, 1.165) is 17.9 Å². The Bertz CT molecular complexity index is 704. The zero-order valence-electron chi connectivity index (χ0n) is 14.7. The van der Waals surface area contributed by atoms with Gasteiger partial charge in [0.15, 0.2) is 0 Å². The highest BCUT2D eigenvalue weighted by Crippen LogP contribution is 2.28. The monoisotopic (exact) mass is 355 g/mol. The molecule has 0 spiro atoms. The fourth-order valence-corrected chi connectivity index (χ4v) is 2.48. The van der Waals surface area contributed by atoms with E-state index in [-0.39, 0.29) is 5.91 Å². The van der Waals surface area contributed by atoms with Crippen molar-refractivity contribution in [2.75, 3.05) is 25.1 Å². The molecule has 3 rings (SSSR count). The number of benzene rings is 1. The summed E-state index contributed by atoms with van der Waals surface area (Å²) >= 11 is 0. The number of rotatable bonds is 10. The van der Waals surface area contributed by atoms with Gasteiger partial charge in [-0.25, -0.2) is 0 Å². The maximum absolute atomic E-state index is 12.2. The minimum atomic E-state index is -0.586. The number of hydrogen-bond acceptors (Lipinski definition) is 5. The first-order valence-electron chi connectivity index (χ1n) is 8.98. The summed E-state index contributed by atoms with van der Waals surface area (Å²) in [6.07, 6.45) is 3.47. The van der Waals surface area contributed by atoms with Crippen LogP contribution < -0.4 is 10.6 Å². The topological polar surface area (TPSA) is 83.5 Å². The Balaban J connectivity index is 1.43. The molecular weight excluding hydrogens is 330 g/mol. The van der Waals surface area contributed by atoms with Crippen LogP contribution in [0.4, 0.5) is 5.69 Å². The number of anilines is 1. The summed E-state index contributed by atoms with van der Waals surface area (Å²) in [5.41, 5.74) is 2.11. The molecule has 1 fully saturated rings. The van der Waals surface area contributed by atoms with Gasteiger partial charge in [-0.1, -0.05) is 30.3 Å². The highest BCUT2D eigenvalue weighted by molar-refractivity contribution is 5.93. The van der Waals surface area contributed by atoms with Crippen molar-refractivity contribution < 1.29 is 14.6 Å². The van der Waals surface area contributed by atoms with Gasteiger partial charge in [0.05, 0.1) is 12.7 Å². The third-order valence-corrected chi connectivity index (χ3v) is 4.19. The number of aromatic nitrogens is 1. The quantitative estimate of drug-likeness (QED) is 0.609. The van der Waals surface area contributed by atoms with Crippen molar-refractivity contribution in [2.24, 2.45) is 5.92 Å². The second-order valence-electron chi connectivity index (χ2n) is 6.61. The SMILES string of the molecule is O=C(NCc1ccccc1)c1cc(NCC(O)COCC2CC2)ccn1. The Morgan fingerprint density at radius 3 is 2.85 bits per heavy atom. The van der Waals surface area contributed by atoms with Crippen molar-refractivity contribution in [3.05, 3.63) is 59.9 Å². The molecular formula is C20H25N3O3. The summed E-state index contributed by atoms with van der Waals surface area (Å²) in [6, 6.07) is 13.2. The third kappa shape index (κ3) is 6.13. The van der Waals surface area contributed by atoms with Crippen LogP contribution in [0.2, 0.25) is 0 Å². The molecule has 1 atom stereocenters. The first kappa shape index (κ1) is 18.4. The van der Waals surface area contributed by atoms with Crippen molar-refractivity contribution in [3.8, 4) is 0 Å². The van der Waals surface area contributed by atoms with Crippen LogP contribution in [0.1, 0.15) is 28.9 Å². The number of carbonyl (C=O) groups excluding carboxylic acids is 1. The van der Waals surface area contributed by atoms with Gasteiger partial charge in [-0.2, -0.15) is 0 Å². The number of ether oxygens (including phenoxy) is 1. The minimum Gasteiger partial charge on any atom is -0.389 e. The number of nitrogens with zero attached hydrogens (tertiary/aromatic N) is 1. The molecule has 6 heteroatoms. The fourth-order valence-electron chi connectivity index (χ4n) is 2.48. The molecule has 1 heterocycles. The number of amides is 1. The average molecular weight is 355 g/mol. The zero-order chi connectivity index (χ0) is 18.2. The van der Waals surface area contributed by atoms with Crippen LogP contribution in [0.5, 0.6) is 0 Å². The van der Waals surface area contributed by atoms with Crippen LogP contribution in [-0.4, -0.2) is 41.9 Å². The predicted octanol–water partition coefficient (Wildman–Crippen LogP) is 2.21. The molecule has 1 unspecified atom stereocenters. The van der Waals surface area contributed by atoms with Gasteiger partial charge >= 0.3 is 0 Å². The average Bonchev–Trinajstić information content (AvgIpc) is 3.50. The van der Waals surface area contributed by atoms with Crippen molar-refractivity contribution in [2.45, 2.75) is 25.5 Å². The van der Waals surface area contributed by atoms with E-state index in [4.69, 9.17) is 4.74 Å². The van der Waals surface area contributed by atoms with E-state index in [0.29, 0.717) is 31.3 Å². The molecule has 3 N–H and O–H groups in total. The zero-order valence-corrected chi connectivity index (χ0v) is 14.7. The van der Waals surface area contributed by atoms with Gasteiger partial charge in [0.25, 0.3) is 5.91 Å². The van der Waals surface area contributed by atoms with Gasteiger partial charge in [0.1, 0.15) is 5.69 Å². The highest BCUT2D eigenvalue weighted by atomic mass is 16.5. The molecule has 0 saturated heterocycles. The number of aliphatic hydroxyl groups excluding tert-OH is 1.